The molecule has 1 saturated heterocycles. The Labute approximate surface area is 108 Å². The van der Waals surface area contributed by atoms with Gasteiger partial charge in [-0.2, -0.15) is 0 Å². The predicted molar refractivity (Wildman–Crippen MR) is 66.4 cm³/mol. The van der Waals surface area contributed by atoms with E-state index >= 15 is 0 Å². The molecule has 0 radical (unpaired) electrons. The third-order valence-electron chi connectivity index (χ3n) is 2.99. The van der Waals surface area contributed by atoms with Crippen molar-refractivity contribution < 1.29 is 13.9 Å². The Kier molecular flexibility index (Phi) is 4.29. The Morgan fingerprint density at radius 1 is 1.53 bits per heavy atom. The summed E-state index contributed by atoms with van der Waals surface area (Å²) in [5.41, 5.74) is 0.709. The van der Waals surface area contributed by atoms with Gasteiger partial charge in [-0.15, -0.1) is 0 Å². The smallest absolute Gasteiger partial charge is 0.142 e. The first-order chi connectivity index (χ1) is 8.16. The summed E-state index contributed by atoms with van der Waals surface area (Å²) in [5.74, 6) is -0.203. The molecule has 17 heavy (non-hydrogen) atoms. The maximum absolute atomic E-state index is 13.1. The molecule has 1 aliphatic rings. The third-order valence-corrected chi connectivity index (χ3v) is 3.76. The number of hydrogen-bond donors (Lipinski definition) is 0. The summed E-state index contributed by atoms with van der Waals surface area (Å²) in [6, 6.07) is 4.42. The van der Waals surface area contributed by atoms with E-state index in [1.807, 2.05) is 0 Å². The van der Waals surface area contributed by atoms with Crippen LogP contribution in [0, 0.1) is 11.7 Å². The van der Waals surface area contributed by atoms with Gasteiger partial charge in [-0.05, 0) is 36.6 Å². The van der Waals surface area contributed by atoms with E-state index in [2.05, 4.69) is 15.9 Å². The number of halogens is 2. The van der Waals surface area contributed by atoms with Crippen molar-refractivity contribution in [1.82, 2.24) is 0 Å². The average molecular weight is 301 g/mol. The number of Topliss-reactive ketones (excluding diaryl/α,β-unsaturated/α-hetero) is 1. The molecule has 0 spiro atoms. The number of ether oxygens (including phenoxy) is 1. The van der Waals surface area contributed by atoms with E-state index in [0.29, 0.717) is 12.2 Å². The molecule has 0 saturated carbocycles. The summed E-state index contributed by atoms with van der Waals surface area (Å²) < 4.78 is 19.2. The molecule has 1 aromatic carbocycles. The molecule has 1 heterocycles. The van der Waals surface area contributed by atoms with E-state index in [4.69, 9.17) is 4.74 Å². The zero-order valence-corrected chi connectivity index (χ0v) is 11.0. The summed E-state index contributed by atoms with van der Waals surface area (Å²) in [6.45, 7) is 1.25. The molecule has 0 N–H and O–H groups in total. The van der Waals surface area contributed by atoms with Gasteiger partial charge in [0.1, 0.15) is 11.6 Å². The van der Waals surface area contributed by atoms with E-state index in [9.17, 15) is 9.18 Å². The molecule has 0 aliphatic carbocycles. The first-order valence-electron chi connectivity index (χ1n) is 5.71. The first-order valence-corrected chi connectivity index (χ1v) is 6.50. The van der Waals surface area contributed by atoms with Gasteiger partial charge in [-0.1, -0.05) is 15.9 Å². The zero-order valence-electron chi connectivity index (χ0n) is 9.42. The molecule has 0 bridgehead atoms. The van der Waals surface area contributed by atoms with Gasteiger partial charge in [0.2, 0.25) is 0 Å². The zero-order chi connectivity index (χ0) is 12.3. The molecule has 92 valence electrons. The lowest BCUT2D eigenvalue weighted by atomic mass is 9.93. The van der Waals surface area contributed by atoms with Crippen molar-refractivity contribution in [2.75, 3.05) is 13.2 Å². The summed E-state index contributed by atoms with van der Waals surface area (Å²) in [5, 5.41) is 0. The molecule has 1 atom stereocenters. The summed E-state index contributed by atoms with van der Waals surface area (Å²) in [7, 11) is 0. The van der Waals surface area contributed by atoms with E-state index in [1.54, 1.807) is 6.07 Å². The monoisotopic (exact) mass is 300 g/mol. The van der Waals surface area contributed by atoms with Crippen LogP contribution in [0.25, 0.3) is 0 Å². The van der Waals surface area contributed by atoms with Crippen LogP contribution in [0.15, 0.2) is 22.7 Å². The molecule has 1 fully saturated rings. The van der Waals surface area contributed by atoms with Crippen LogP contribution in [0.4, 0.5) is 4.39 Å². The van der Waals surface area contributed by atoms with Crippen LogP contribution in [0.3, 0.4) is 0 Å². The number of benzene rings is 1. The molecular formula is C13H14BrFO2. The second kappa shape index (κ2) is 5.74. The van der Waals surface area contributed by atoms with Crippen molar-refractivity contribution in [3.05, 3.63) is 34.1 Å². The van der Waals surface area contributed by atoms with Crippen molar-refractivity contribution in [3.8, 4) is 0 Å². The molecule has 2 nitrogen and oxygen atoms in total. The molecule has 1 aromatic rings. The van der Waals surface area contributed by atoms with E-state index < -0.39 is 0 Å². The molecule has 2 rings (SSSR count). The topological polar surface area (TPSA) is 26.3 Å². The molecule has 1 aliphatic heterocycles. The summed E-state index contributed by atoms with van der Waals surface area (Å²) in [6.07, 6.45) is 2.08. The molecule has 1 unspecified atom stereocenters. The molecule has 4 heteroatoms. The van der Waals surface area contributed by atoms with Crippen molar-refractivity contribution in [1.29, 1.82) is 0 Å². The Balaban J connectivity index is 2.04. The lowest BCUT2D eigenvalue weighted by Crippen LogP contribution is -2.26. The number of hydrogen-bond acceptors (Lipinski definition) is 2. The minimum atomic E-state index is -0.309. The van der Waals surface area contributed by atoms with Crippen molar-refractivity contribution in [2.24, 2.45) is 5.92 Å². The summed E-state index contributed by atoms with van der Waals surface area (Å²) in [4.78, 5) is 12.0. The van der Waals surface area contributed by atoms with Crippen LogP contribution in [0.1, 0.15) is 18.4 Å². The maximum Gasteiger partial charge on any atom is 0.142 e. The Bertz CT molecular complexity index is 414. The highest BCUT2D eigenvalue weighted by Gasteiger charge is 2.22. The van der Waals surface area contributed by atoms with Gasteiger partial charge in [0, 0.05) is 23.4 Å². The quantitative estimate of drug-likeness (QED) is 0.857. The van der Waals surface area contributed by atoms with Gasteiger partial charge in [-0.25, -0.2) is 4.39 Å². The van der Waals surface area contributed by atoms with Crippen molar-refractivity contribution in [3.63, 3.8) is 0 Å². The SMILES string of the molecule is O=C(Cc1cc(F)ccc1Br)C1CCCOC1. The Hall–Kier alpha value is -0.740. The highest BCUT2D eigenvalue weighted by Crippen LogP contribution is 2.22. The second-order valence-corrected chi connectivity index (χ2v) is 5.15. The van der Waals surface area contributed by atoms with E-state index in [0.717, 1.165) is 23.9 Å². The lowest BCUT2D eigenvalue weighted by Gasteiger charge is -2.21. The van der Waals surface area contributed by atoms with E-state index in [-0.39, 0.29) is 23.9 Å². The molecule has 0 amide bonds. The highest BCUT2D eigenvalue weighted by molar-refractivity contribution is 9.10. The third kappa shape index (κ3) is 3.36. The highest BCUT2D eigenvalue weighted by atomic mass is 79.9. The second-order valence-electron chi connectivity index (χ2n) is 4.29. The lowest BCUT2D eigenvalue weighted by molar-refractivity contribution is -0.126. The van der Waals surface area contributed by atoms with Crippen molar-refractivity contribution >= 4 is 21.7 Å². The Morgan fingerprint density at radius 3 is 3.06 bits per heavy atom. The van der Waals surface area contributed by atoms with Gasteiger partial charge in [-0.3, -0.25) is 4.79 Å². The maximum atomic E-state index is 13.1. The fraction of sp³-hybridized carbons (Fsp3) is 0.462. The number of rotatable bonds is 3. The van der Waals surface area contributed by atoms with Crippen LogP contribution >= 0.6 is 15.9 Å². The average Bonchev–Trinajstić information content (AvgIpc) is 2.35. The normalized spacial score (nSPS) is 20.2. The minimum Gasteiger partial charge on any atom is -0.381 e. The number of ketones is 1. The first kappa shape index (κ1) is 12.7. The van der Waals surface area contributed by atoms with Crippen LogP contribution < -0.4 is 0 Å². The molecule has 0 aromatic heterocycles. The van der Waals surface area contributed by atoms with Gasteiger partial charge in [0.05, 0.1) is 6.61 Å². The largest absolute Gasteiger partial charge is 0.381 e. The van der Waals surface area contributed by atoms with Gasteiger partial charge < -0.3 is 4.74 Å². The van der Waals surface area contributed by atoms with Crippen molar-refractivity contribution in [2.45, 2.75) is 19.3 Å². The van der Waals surface area contributed by atoms with Crippen LogP contribution in [-0.4, -0.2) is 19.0 Å². The fourth-order valence-electron chi connectivity index (χ4n) is 2.01. The van der Waals surface area contributed by atoms with Crippen LogP contribution in [0.5, 0.6) is 0 Å². The number of carbonyl (C=O) groups excluding carboxylic acids is 1. The molecular weight excluding hydrogens is 287 g/mol. The minimum absolute atomic E-state index is 0.0288. The summed E-state index contributed by atoms with van der Waals surface area (Å²) >= 11 is 3.33. The van der Waals surface area contributed by atoms with Gasteiger partial charge in [0.15, 0.2) is 0 Å². The van der Waals surface area contributed by atoms with Gasteiger partial charge in [0.25, 0.3) is 0 Å². The van der Waals surface area contributed by atoms with Gasteiger partial charge >= 0.3 is 0 Å². The standard InChI is InChI=1S/C13H14BrFO2/c14-12-4-3-11(15)6-10(12)7-13(16)9-2-1-5-17-8-9/h3-4,6,9H,1-2,5,7-8H2. The number of carbonyl (C=O) groups is 1. The predicted octanol–water partition coefficient (Wildman–Crippen LogP) is 3.13. The van der Waals surface area contributed by atoms with E-state index in [1.165, 1.54) is 12.1 Å². The van der Waals surface area contributed by atoms with Crippen LogP contribution in [0.2, 0.25) is 0 Å². The Morgan fingerprint density at radius 2 is 2.35 bits per heavy atom. The van der Waals surface area contributed by atoms with Crippen LogP contribution in [-0.2, 0) is 16.0 Å². The fourth-order valence-corrected chi connectivity index (χ4v) is 2.39.